The minimum atomic E-state index is 0.0390. The minimum Gasteiger partial charge on any atom is -0.327 e. The Morgan fingerprint density at radius 2 is 1.79 bits per heavy atom. The highest BCUT2D eigenvalue weighted by molar-refractivity contribution is 7.14. The summed E-state index contributed by atoms with van der Waals surface area (Å²) in [5, 5.41) is 3.05. The number of nitrogens with zero attached hydrogens (tertiary/aromatic N) is 1. The van der Waals surface area contributed by atoms with Gasteiger partial charge >= 0.3 is 0 Å². The molecule has 0 unspecified atom stereocenters. The van der Waals surface area contributed by atoms with Gasteiger partial charge in [0.25, 0.3) is 11.8 Å². The van der Waals surface area contributed by atoms with Gasteiger partial charge in [0.1, 0.15) is 0 Å². The Labute approximate surface area is 171 Å². The number of anilines is 1. The Morgan fingerprint density at radius 3 is 2.43 bits per heavy atom. The number of rotatable bonds is 6. The zero-order chi connectivity index (χ0) is 20.1. The fourth-order valence-corrected chi connectivity index (χ4v) is 4.79. The summed E-state index contributed by atoms with van der Waals surface area (Å²) in [7, 11) is 0. The van der Waals surface area contributed by atoms with E-state index in [9.17, 15) is 9.59 Å². The molecule has 0 atom stereocenters. The van der Waals surface area contributed by atoms with Gasteiger partial charge in [-0.2, -0.15) is 0 Å². The second kappa shape index (κ2) is 9.34. The van der Waals surface area contributed by atoms with Crippen molar-refractivity contribution in [1.82, 2.24) is 4.90 Å². The fourth-order valence-electron chi connectivity index (χ4n) is 3.71. The second-order valence-corrected chi connectivity index (χ2v) is 8.58. The number of quaternary nitrogens is 1. The van der Waals surface area contributed by atoms with Gasteiger partial charge in [-0.15, -0.1) is 11.3 Å². The second-order valence-electron chi connectivity index (χ2n) is 7.32. The lowest BCUT2D eigenvalue weighted by molar-refractivity contribution is -0.895. The Morgan fingerprint density at radius 1 is 1.11 bits per heavy atom. The number of carbonyl (C=O) groups excluding carboxylic acids is 2. The van der Waals surface area contributed by atoms with E-state index in [4.69, 9.17) is 0 Å². The van der Waals surface area contributed by atoms with Crippen LogP contribution in [0.4, 0.5) is 5.69 Å². The van der Waals surface area contributed by atoms with Crippen LogP contribution in [0, 0.1) is 6.92 Å². The first kappa shape index (κ1) is 20.6. The van der Waals surface area contributed by atoms with E-state index in [2.05, 4.69) is 26.1 Å². The molecule has 2 aromatic rings. The third kappa shape index (κ3) is 4.80. The van der Waals surface area contributed by atoms with Crippen LogP contribution in [0.2, 0.25) is 0 Å². The SMILES string of the molecule is CCc1ccccc1NC(=O)C[NH+]1CCN(C(=O)c2cc(CC)c(C)s2)CC1. The molecule has 3 rings (SSSR count). The lowest BCUT2D eigenvalue weighted by atomic mass is 10.1. The molecule has 0 bridgehead atoms. The van der Waals surface area contributed by atoms with Gasteiger partial charge in [0.15, 0.2) is 6.54 Å². The number of hydrogen-bond donors (Lipinski definition) is 2. The molecule has 1 aromatic carbocycles. The normalized spacial score (nSPS) is 14.9. The van der Waals surface area contributed by atoms with E-state index >= 15 is 0 Å². The summed E-state index contributed by atoms with van der Waals surface area (Å²) in [5.74, 6) is 0.172. The van der Waals surface area contributed by atoms with Crippen molar-refractivity contribution in [2.75, 3.05) is 38.0 Å². The predicted octanol–water partition coefficient (Wildman–Crippen LogP) is 2.16. The molecule has 1 saturated heterocycles. The molecule has 28 heavy (non-hydrogen) atoms. The van der Waals surface area contributed by atoms with Crippen LogP contribution in [-0.4, -0.2) is 49.4 Å². The third-order valence-corrected chi connectivity index (χ3v) is 6.53. The zero-order valence-electron chi connectivity index (χ0n) is 17.0. The summed E-state index contributed by atoms with van der Waals surface area (Å²) in [5.41, 5.74) is 3.32. The molecule has 0 radical (unpaired) electrons. The highest BCUT2D eigenvalue weighted by atomic mass is 32.1. The molecule has 1 fully saturated rings. The van der Waals surface area contributed by atoms with Gasteiger partial charge in [-0.1, -0.05) is 32.0 Å². The van der Waals surface area contributed by atoms with Crippen LogP contribution in [0.5, 0.6) is 0 Å². The average Bonchev–Trinajstić information content (AvgIpc) is 3.09. The van der Waals surface area contributed by atoms with E-state index in [1.54, 1.807) is 11.3 Å². The smallest absolute Gasteiger partial charge is 0.279 e. The number of amides is 2. The number of para-hydroxylation sites is 1. The van der Waals surface area contributed by atoms with Crippen molar-refractivity contribution in [3.05, 3.63) is 51.2 Å². The van der Waals surface area contributed by atoms with Gasteiger partial charge in [-0.05, 0) is 43.0 Å². The first-order valence-corrected chi connectivity index (χ1v) is 10.9. The van der Waals surface area contributed by atoms with Crippen molar-refractivity contribution >= 4 is 28.8 Å². The summed E-state index contributed by atoms with van der Waals surface area (Å²) in [6.07, 6.45) is 1.86. The lowest BCUT2D eigenvalue weighted by Gasteiger charge is -2.31. The summed E-state index contributed by atoms with van der Waals surface area (Å²) >= 11 is 1.59. The quantitative estimate of drug-likeness (QED) is 0.781. The Balaban J connectivity index is 1.51. The molecule has 0 aliphatic carbocycles. The van der Waals surface area contributed by atoms with Crippen LogP contribution in [0.15, 0.2) is 30.3 Å². The Kier molecular flexibility index (Phi) is 6.86. The van der Waals surface area contributed by atoms with Crippen LogP contribution < -0.4 is 10.2 Å². The summed E-state index contributed by atoms with van der Waals surface area (Å²) < 4.78 is 0. The predicted molar refractivity (Wildman–Crippen MR) is 114 cm³/mol. The molecule has 0 spiro atoms. The standard InChI is InChI=1S/C22H29N3O2S/c1-4-17-8-6-7-9-19(17)23-21(26)15-24-10-12-25(13-11-24)22(27)20-14-18(5-2)16(3)28-20/h6-9,14H,4-5,10-13,15H2,1-3H3,(H,23,26)/p+1. The molecule has 5 nitrogen and oxygen atoms in total. The van der Waals surface area contributed by atoms with E-state index in [0.717, 1.165) is 42.1 Å². The average molecular weight is 401 g/mol. The maximum Gasteiger partial charge on any atom is 0.279 e. The fraction of sp³-hybridized carbons (Fsp3) is 0.455. The van der Waals surface area contributed by atoms with Crippen molar-refractivity contribution in [2.45, 2.75) is 33.6 Å². The van der Waals surface area contributed by atoms with E-state index in [1.807, 2.05) is 35.2 Å². The maximum absolute atomic E-state index is 12.8. The molecule has 1 aliphatic rings. The van der Waals surface area contributed by atoms with E-state index in [1.165, 1.54) is 15.3 Å². The van der Waals surface area contributed by atoms with Crippen molar-refractivity contribution in [1.29, 1.82) is 0 Å². The number of nitrogens with one attached hydrogen (secondary N) is 2. The number of hydrogen-bond acceptors (Lipinski definition) is 3. The molecule has 6 heteroatoms. The molecular formula is C22H30N3O2S+. The first-order valence-electron chi connectivity index (χ1n) is 10.1. The molecular weight excluding hydrogens is 370 g/mol. The molecule has 1 aliphatic heterocycles. The number of aryl methyl sites for hydroxylation is 3. The topological polar surface area (TPSA) is 53.9 Å². The van der Waals surface area contributed by atoms with Crippen molar-refractivity contribution in [3.63, 3.8) is 0 Å². The van der Waals surface area contributed by atoms with Crippen LogP contribution in [0.3, 0.4) is 0 Å². The molecule has 150 valence electrons. The van der Waals surface area contributed by atoms with E-state index in [-0.39, 0.29) is 11.8 Å². The van der Waals surface area contributed by atoms with Gasteiger partial charge < -0.3 is 15.1 Å². The zero-order valence-corrected chi connectivity index (χ0v) is 17.8. The highest BCUT2D eigenvalue weighted by Crippen LogP contribution is 2.23. The molecule has 2 amide bonds. The third-order valence-electron chi connectivity index (χ3n) is 5.45. The summed E-state index contributed by atoms with van der Waals surface area (Å²) in [6, 6.07) is 9.98. The number of benzene rings is 1. The van der Waals surface area contributed by atoms with Crippen LogP contribution in [0.1, 0.15) is 39.5 Å². The van der Waals surface area contributed by atoms with Crippen molar-refractivity contribution < 1.29 is 14.5 Å². The molecule has 2 heterocycles. The van der Waals surface area contributed by atoms with Gasteiger partial charge in [0.2, 0.25) is 0 Å². The van der Waals surface area contributed by atoms with Crippen LogP contribution in [0.25, 0.3) is 0 Å². The minimum absolute atomic E-state index is 0.0390. The Bertz CT molecular complexity index is 838. The van der Waals surface area contributed by atoms with E-state index < -0.39 is 0 Å². The number of carbonyl (C=O) groups is 2. The largest absolute Gasteiger partial charge is 0.327 e. The van der Waals surface area contributed by atoms with E-state index in [0.29, 0.717) is 19.6 Å². The molecule has 2 N–H and O–H groups in total. The number of piperazine rings is 1. The van der Waals surface area contributed by atoms with Gasteiger partial charge in [0.05, 0.1) is 31.1 Å². The summed E-state index contributed by atoms with van der Waals surface area (Å²) in [4.78, 5) is 30.5. The Hall–Kier alpha value is -2.18. The molecule has 1 aromatic heterocycles. The first-order chi connectivity index (χ1) is 13.5. The van der Waals surface area contributed by atoms with Gasteiger partial charge in [-0.3, -0.25) is 9.59 Å². The summed E-state index contributed by atoms with van der Waals surface area (Å²) in [6.45, 7) is 9.74. The van der Waals surface area contributed by atoms with Crippen LogP contribution >= 0.6 is 11.3 Å². The maximum atomic E-state index is 12.8. The van der Waals surface area contributed by atoms with Crippen LogP contribution in [-0.2, 0) is 17.6 Å². The number of thiophene rings is 1. The van der Waals surface area contributed by atoms with Gasteiger partial charge in [-0.25, -0.2) is 0 Å². The van der Waals surface area contributed by atoms with Gasteiger partial charge in [0, 0.05) is 10.6 Å². The highest BCUT2D eigenvalue weighted by Gasteiger charge is 2.27. The van der Waals surface area contributed by atoms with Crippen molar-refractivity contribution in [2.24, 2.45) is 0 Å². The van der Waals surface area contributed by atoms with Crippen molar-refractivity contribution in [3.8, 4) is 0 Å². The lowest BCUT2D eigenvalue weighted by Crippen LogP contribution is -3.15. The monoisotopic (exact) mass is 400 g/mol. The molecule has 0 saturated carbocycles.